The minimum atomic E-state index is 0.543. The molecule has 1 N–H and O–H groups in total. The van der Waals surface area contributed by atoms with Gasteiger partial charge >= 0.3 is 0 Å². The lowest BCUT2D eigenvalue weighted by Crippen LogP contribution is -1.94. The fourth-order valence-electron chi connectivity index (χ4n) is 1.55. The van der Waals surface area contributed by atoms with Crippen LogP contribution in [0, 0.1) is 0 Å². The predicted molar refractivity (Wildman–Crippen MR) is 88.7 cm³/mol. The lowest BCUT2D eigenvalue weighted by Gasteiger charge is -2.04. The number of nitrogens with zero attached hydrogens (tertiary/aromatic N) is 1. The Morgan fingerprint density at radius 1 is 1.10 bits per heavy atom. The zero-order valence-electron chi connectivity index (χ0n) is 11.0. The second kappa shape index (κ2) is 7.13. The Hall–Kier alpha value is -1.77. The predicted octanol–water partition coefficient (Wildman–Crippen LogP) is 5.49. The summed E-state index contributed by atoms with van der Waals surface area (Å²) in [5, 5.41) is 5.40. The molecule has 0 aliphatic heterocycles. The number of hydrogen-bond acceptors (Lipinski definition) is 2. The molecule has 2 aromatic rings. The number of nitrogens with one attached hydrogen (secondary N) is 1. The van der Waals surface area contributed by atoms with Gasteiger partial charge in [-0.25, -0.2) is 0 Å². The minimum absolute atomic E-state index is 0.543. The normalized spacial score (nSPS) is 11.8. The largest absolute Gasteiger partial charge is 0.277 e. The Morgan fingerprint density at radius 3 is 2.55 bits per heavy atom. The van der Waals surface area contributed by atoms with Crippen LogP contribution >= 0.6 is 23.2 Å². The van der Waals surface area contributed by atoms with E-state index in [2.05, 4.69) is 10.5 Å². The second-order valence-electron chi connectivity index (χ2n) is 4.23. The molecule has 0 aliphatic carbocycles. The van der Waals surface area contributed by atoms with E-state index in [-0.39, 0.29) is 0 Å². The SMILES string of the molecule is CC(/C=C\c1ccccc1)=N/Nc1ccc(Cl)cc1Cl. The third-order valence-corrected chi connectivity index (χ3v) is 3.15. The van der Waals surface area contributed by atoms with Crippen LogP contribution in [0.15, 0.2) is 59.7 Å². The monoisotopic (exact) mass is 304 g/mol. The number of halogens is 2. The Morgan fingerprint density at radius 2 is 1.85 bits per heavy atom. The maximum Gasteiger partial charge on any atom is 0.0749 e. The zero-order valence-corrected chi connectivity index (χ0v) is 12.5. The molecule has 0 atom stereocenters. The number of benzene rings is 2. The zero-order chi connectivity index (χ0) is 14.4. The van der Waals surface area contributed by atoms with Gasteiger partial charge in [-0.2, -0.15) is 5.10 Å². The molecule has 102 valence electrons. The summed E-state index contributed by atoms with van der Waals surface area (Å²) in [6.07, 6.45) is 3.94. The van der Waals surface area contributed by atoms with E-state index >= 15 is 0 Å². The van der Waals surface area contributed by atoms with Crippen LogP contribution in [-0.4, -0.2) is 5.71 Å². The summed E-state index contributed by atoms with van der Waals surface area (Å²) < 4.78 is 0. The summed E-state index contributed by atoms with van der Waals surface area (Å²) in [7, 11) is 0. The molecule has 0 spiro atoms. The van der Waals surface area contributed by atoms with Gasteiger partial charge in [-0.15, -0.1) is 0 Å². The summed E-state index contributed by atoms with van der Waals surface area (Å²) >= 11 is 11.9. The average Bonchev–Trinajstić information content (AvgIpc) is 2.45. The topological polar surface area (TPSA) is 24.4 Å². The molecule has 0 radical (unpaired) electrons. The van der Waals surface area contributed by atoms with E-state index in [0.717, 1.165) is 17.0 Å². The number of anilines is 1. The van der Waals surface area contributed by atoms with Gasteiger partial charge in [0.05, 0.1) is 16.4 Å². The van der Waals surface area contributed by atoms with Crippen molar-refractivity contribution in [2.75, 3.05) is 5.43 Å². The fraction of sp³-hybridized carbons (Fsp3) is 0.0625. The van der Waals surface area contributed by atoms with Crippen LogP contribution in [0.25, 0.3) is 6.08 Å². The molecule has 0 aliphatic rings. The molecule has 0 saturated carbocycles. The molecular formula is C16H14Cl2N2. The second-order valence-corrected chi connectivity index (χ2v) is 5.08. The van der Waals surface area contributed by atoms with E-state index < -0.39 is 0 Å². The number of allylic oxidation sites excluding steroid dienone is 1. The van der Waals surface area contributed by atoms with Gasteiger partial charge in [-0.3, -0.25) is 5.43 Å². The highest BCUT2D eigenvalue weighted by Crippen LogP contribution is 2.25. The summed E-state index contributed by atoms with van der Waals surface area (Å²) in [5.41, 5.74) is 5.63. The van der Waals surface area contributed by atoms with Crippen LogP contribution in [-0.2, 0) is 0 Å². The summed E-state index contributed by atoms with van der Waals surface area (Å²) in [5.74, 6) is 0. The Labute approximate surface area is 128 Å². The minimum Gasteiger partial charge on any atom is -0.277 e. The molecule has 0 amide bonds. The van der Waals surface area contributed by atoms with E-state index in [0.29, 0.717) is 10.0 Å². The smallest absolute Gasteiger partial charge is 0.0749 e. The Balaban J connectivity index is 2.02. The quantitative estimate of drug-likeness (QED) is 0.586. The summed E-state index contributed by atoms with van der Waals surface area (Å²) in [6.45, 7) is 1.91. The molecule has 2 rings (SSSR count). The van der Waals surface area contributed by atoms with Crippen LogP contribution in [0.5, 0.6) is 0 Å². The van der Waals surface area contributed by atoms with Crippen LogP contribution < -0.4 is 5.43 Å². The first kappa shape index (κ1) is 14.6. The number of rotatable bonds is 4. The summed E-state index contributed by atoms with van der Waals surface area (Å²) in [4.78, 5) is 0. The van der Waals surface area contributed by atoms with Crippen molar-refractivity contribution < 1.29 is 0 Å². The first-order chi connectivity index (χ1) is 9.65. The Bertz CT molecular complexity index is 634. The molecule has 0 aromatic heterocycles. The van der Waals surface area contributed by atoms with Crippen LogP contribution in [0.2, 0.25) is 10.0 Å². The Kier molecular flexibility index (Phi) is 5.22. The number of hydrogen-bond donors (Lipinski definition) is 1. The highest BCUT2D eigenvalue weighted by molar-refractivity contribution is 6.36. The van der Waals surface area contributed by atoms with Crippen molar-refractivity contribution in [3.8, 4) is 0 Å². The van der Waals surface area contributed by atoms with Crippen molar-refractivity contribution in [2.24, 2.45) is 5.10 Å². The third kappa shape index (κ3) is 4.41. The molecule has 2 nitrogen and oxygen atoms in total. The molecule has 2 aromatic carbocycles. The van der Waals surface area contributed by atoms with Gasteiger partial charge in [0.25, 0.3) is 0 Å². The van der Waals surface area contributed by atoms with Gasteiger partial charge in [-0.05, 0) is 36.8 Å². The fourth-order valence-corrected chi connectivity index (χ4v) is 2.00. The summed E-state index contributed by atoms with van der Waals surface area (Å²) in [6, 6.07) is 15.3. The molecular weight excluding hydrogens is 291 g/mol. The molecule has 20 heavy (non-hydrogen) atoms. The molecule has 0 heterocycles. The van der Waals surface area contributed by atoms with Crippen molar-refractivity contribution >= 4 is 40.7 Å². The van der Waals surface area contributed by atoms with Crippen molar-refractivity contribution in [1.29, 1.82) is 0 Å². The van der Waals surface area contributed by atoms with E-state index in [1.165, 1.54) is 0 Å². The lowest BCUT2D eigenvalue weighted by molar-refractivity contribution is 1.33. The van der Waals surface area contributed by atoms with E-state index in [1.54, 1.807) is 18.2 Å². The standard InChI is InChI=1S/C16H14Cl2N2/c1-12(7-8-13-5-3-2-4-6-13)19-20-16-10-9-14(17)11-15(16)18/h2-11,20H,1H3/b8-7-,19-12-. The van der Waals surface area contributed by atoms with Gasteiger partial charge in [0.2, 0.25) is 0 Å². The van der Waals surface area contributed by atoms with Crippen LogP contribution in [0.3, 0.4) is 0 Å². The van der Waals surface area contributed by atoms with Gasteiger partial charge in [0.15, 0.2) is 0 Å². The van der Waals surface area contributed by atoms with E-state index in [1.807, 2.05) is 49.4 Å². The molecule has 0 unspecified atom stereocenters. The van der Waals surface area contributed by atoms with Crippen LogP contribution in [0.4, 0.5) is 5.69 Å². The van der Waals surface area contributed by atoms with Crippen molar-refractivity contribution in [1.82, 2.24) is 0 Å². The van der Waals surface area contributed by atoms with E-state index in [9.17, 15) is 0 Å². The van der Waals surface area contributed by atoms with Gasteiger partial charge in [-0.1, -0.05) is 59.6 Å². The first-order valence-electron chi connectivity index (χ1n) is 6.13. The van der Waals surface area contributed by atoms with Crippen molar-refractivity contribution in [3.63, 3.8) is 0 Å². The molecule has 0 bridgehead atoms. The van der Waals surface area contributed by atoms with Gasteiger partial charge < -0.3 is 0 Å². The van der Waals surface area contributed by atoms with Gasteiger partial charge in [0.1, 0.15) is 0 Å². The molecule has 0 fully saturated rings. The number of hydrazone groups is 1. The molecule has 0 saturated heterocycles. The van der Waals surface area contributed by atoms with Crippen molar-refractivity contribution in [3.05, 3.63) is 70.2 Å². The lowest BCUT2D eigenvalue weighted by atomic mass is 10.2. The van der Waals surface area contributed by atoms with Crippen molar-refractivity contribution in [2.45, 2.75) is 6.92 Å². The van der Waals surface area contributed by atoms with Gasteiger partial charge in [0, 0.05) is 5.02 Å². The van der Waals surface area contributed by atoms with Crippen LogP contribution in [0.1, 0.15) is 12.5 Å². The average molecular weight is 305 g/mol. The van der Waals surface area contributed by atoms with E-state index in [4.69, 9.17) is 23.2 Å². The third-order valence-electron chi connectivity index (χ3n) is 2.60. The highest BCUT2D eigenvalue weighted by Gasteiger charge is 1.99. The maximum atomic E-state index is 6.05. The maximum absolute atomic E-state index is 6.05. The highest BCUT2D eigenvalue weighted by atomic mass is 35.5. The molecule has 4 heteroatoms. The first-order valence-corrected chi connectivity index (χ1v) is 6.89.